The van der Waals surface area contributed by atoms with Gasteiger partial charge in [0.25, 0.3) is 0 Å². The number of nitrogens with zero attached hydrogens (tertiary/aromatic N) is 3. The van der Waals surface area contributed by atoms with E-state index in [9.17, 15) is 0 Å². The molecule has 0 unspecified atom stereocenters. The molecule has 0 aliphatic rings. The fraction of sp³-hybridized carbons (Fsp3) is 0. The molecule has 0 amide bonds. The van der Waals surface area contributed by atoms with Crippen molar-refractivity contribution in [3.05, 3.63) is 200 Å². The molecule has 0 bridgehead atoms. The predicted octanol–water partition coefficient (Wildman–Crippen LogP) is 12.7. The second-order valence-corrected chi connectivity index (χ2v) is 12.8. The molecule has 2 aromatic heterocycles. The van der Waals surface area contributed by atoms with Crippen LogP contribution in [0, 0.1) is 0 Å². The Labute approximate surface area is 303 Å². The van der Waals surface area contributed by atoms with E-state index in [0.29, 0.717) is 5.82 Å². The van der Waals surface area contributed by atoms with Gasteiger partial charge in [-0.1, -0.05) is 188 Å². The topological polar surface area (TPSA) is 38.7 Å². The maximum Gasteiger partial charge on any atom is 0.160 e. The molecule has 0 aliphatic carbocycles. The fourth-order valence-corrected chi connectivity index (χ4v) is 6.92. The molecular weight excluding hydrogens is 631 g/mol. The quantitative estimate of drug-likeness (QED) is 0.170. The van der Waals surface area contributed by atoms with Crippen LogP contribution >= 0.6 is 0 Å². The Morgan fingerprint density at radius 2 is 0.712 bits per heavy atom. The summed E-state index contributed by atoms with van der Waals surface area (Å²) in [7, 11) is 0. The second-order valence-electron chi connectivity index (χ2n) is 12.8. The first kappa shape index (κ1) is 31.0. The Balaban J connectivity index is 1.12. The molecule has 2 heterocycles. The molecule has 9 aromatic rings. The molecule has 0 aliphatic heterocycles. The summed E-state index contributed by atoms with van der Waals surface area (Å²) in [5, 5.41) is 1.14. The van der Waals surface area contributed by atoms with Crippen molar-refractivity contribution in [3.8, 4) is 78.4 Å². The van der Waals surface area contributed by atoms with E-state index < -0.39 is 0 Å². The van der Waals surface area contributed by atoms with Gasteiger partial charge in [0.2, 0.25) is 0 Å². The summed E-state index contributed by atoms with van der Waals surface area (Å²) < 4.78 is 0. The van der Waals surface area contributed by atoms with E-state index in [2.05, 4.69) is 175 Å². The van der Waals surface area contributed by atoms with Crippen LogP contribution in [0.4, 0.5) is 0 Å². The normalized spacial score (nSPS) is 11.1. The van der Waals surface area contributed by atoms with E-state index in [0.717, 1.165) is 72.4 Å². The summed E-state index contributed by atoms with van der Waals surface area (Å²) in [6.45, 7) is 0. The first-order valence-electron chi connectivity index (χ1n) is 17.5. The van der Waals surface area contributed by atoms with Gasteiger partial charge in [0, 0.05) is 39.4 Å². The Bertz CT molecular complexity index is 2550. The van der Waals surface area contributed by atoms with Crippen LogP contribution in [0.25, 0.3) is 89.3 Å². The molecule has 52 heavy (non-hydrogen) atoms. The SMILES string of the molecule is c1ccc(-c2ccc(-c3c(-c4ccccc4)nc(-c4ccc(-c5ccc(-c6cccc7cccnc67)cc5)cc4)nc3-c3ccccc3)cc2)cc1. The number of hydrogen-bond acceptors (Lipinski definition) is 3. The monoisotopic (exact) mass is 663 g/mol. The van der Waals surface area contributed by atoms with Crippen molar-refractivity contribution in [3.63, 3.8) is 0 Å². The molecule has 0 atom stereocenters. The van der Waals surface area contributed by atoms with Gasteiger partial charge in [-0.05, 0) is 39.4 Å². The molecule has 0 spiro atoms. The summed E-state index contributed by atoms with van der Waals surface area (Å²) in [6, 6.07) is 67.8. The van der Waals surface area contributed by atoms with Gasteiger partial charge in [-0.15, -0.1) is 0 Å². The summed E-state index contributed by atoms with van der Waals surface area (Å²) in [5.74, 6) is 0.688. The van der Waals surface area contributed by atoms with Crippen molar-refractivity contribution in [2.24, 2.45) is 0 Å². The highest BCUT2D eigenvalue weighted by atomic mass is 14.9. The third-order valence-electron chi connectivity index (χ3n) is 9.59. The summed E-state index contributed by atoms with van der Waals surface area (Å²) >= 11 is 0. The van der Waals surface area contributed by atoms with Crippen LogP contribution in [0.5, 0.6) is 0 Å². The Morgan fingerprint density at radius 1 is 0.288 bits per heavy atom. The van der Waals surface area contributed by atoms with Crippen molar-refractivity contribution in [2.75, 3.05) is 0 Å². The van der Waals surface area contributed by atoms with E-state index in [1.807, 2.05) is 30.5 Å². The maximum absolute atomic E-state index is 5.31. The standard InChI is InChI=1S/C49H33N3/c1-4-12-34(13-5-1)35-23-29-39(30-24-35)45-47(41-14-6-2-7-15-41)51-49(52-48(45)42-16-8-3-9-17-42)43-31-25-37(26-32-43)36-21-27-38(28-22-36)44-20-10-18-40-19-11-33-50-46(40)44/h1-33H. The van der Waals surface area contributed by atoms with Crippen LogP contribution in [0.15, 0.2) is 200 Å². The van der Waals surface area contributed by atoms with E-state index in [1.165, 1.54) is 11.1 Å². The van der Waals surface area contributed by atoms with Crippen LogP contribution < -0.4 is 0 Å². The van der Waals surface area contributed by atoms with Gasteiger partial charge in [0.15, 0.2) is 5.82 Å². The second kappa shape index (κ2) is 13.7. The minimum atomic E-state index is 0.688. The number of benzene rings is 7. The van der Waals surface area contributed by atoms with Gasteiger partial charge in [-0.3, -0.25) is 4.98 Å². The number of pyridine rings is 1. The van der Waals surface area contributed by atoms with Crippen molar-refractivity contribution in [1.29, 1.82) is 0 Å². The maximum atomic E-state index is 5.31. The minimum Gasteiger partial charge on any atom is -0.256 e. The predicted molar refractivity (Wildman–Crippen MR) is 215 cm³/mol. The van der Waals surface area contributed by atoms with Gasteiger partial charge < -0.3 is 0 Å². The minimum absolute atomic E-state index is 0.688. The largest absolute Gasteiger partial charge is 0.256 e. The summed E-state index contributed by atoms with van der Waals surface area (Å²) in [6.07, 6.45) is 1.86. The smallest absolute Gasteiger partial charge is 0.160 e. The van der Waals surface area contributed by atoms with Crippen molar-refractivity contribution < 1.29 is 0 Å². The Kier molecular flexibility index (Phi) is 8.20. The highest BCUT2D eigenvalue weighted by Gasteiger charge is 2.20. The summed E-state index contributed by atoms with van der Waals surface area (Å²) in [4.78, 5) is 15.3. The lowest BCUT2D eigenvalue weighted by atomic mass is 9.92. The first-order chi connectivity index (χ1) is 25.8. The van der Waals surface area contributed by atoms with Crippen LogP contribution in [0.2, 0.25) is 0 Å². The zero-order valence-electron chi connectivity index (χ0n) is 28.4. The van der Waals surface area contributed by atoms with Crippen LogP contribution in [0.3, 0.4) is 0 Å². The Hall–Kier alpha value is -6.97. The third kappa shape index (κ3) is 6.06. The number of rotatable bonds is 7. The molecule has 0 N–H and O–H groups in total. The van der Waals surface area contributed by atoms with Gasteiger partial charge in [0.05, 0.1) is 16.9 Å². The molecule has 0 saturated carbocycles. The van der Waals surface area contributed by atoms with E-state index >= 15 is 0 Å². The van der Waals surface area contributed by atoms with Crippen LogP contribution in [-0.2, 0) is 0 Å². The van der Waals surface area contributed by atoms with E-state index in [1.54, 1.807) is 0 Å². The highest BCUT2D eigenvalue weighted by Crippen LogP contribution is 2.40. The van der Waals surface area contributed by atoms with Gasteiger partial charge in [-0.2, -0.15) is 0 Å². The molecule has 3 nitrogen and oxygen atoms in total. The first-order valence-corrected chi connectivity index (χ1v) is 17.5. The molecule has 0 fully saturated rings. The number of fused-ring (bicyclic) bond motifs is 1. The molecule has 3 heteroatoms. The molecular formula is C49H33N3. The van der Waals surface area contributed by atoms with Gasteiger partial charge in [0.1, 0.15) is 0 Å². The van der Waals surface area contributed by atoms with E-state index in [-0.39, 0.29) is 0 Å². The fourth-order valence-electron chi connectivity index (χ4n) is 6.92. The van der Waals surface area contributed by atoms with Crippen LogP contribution in [0.1, 0.15) is 0 Å². The number of aromatic nitrogens is 3. The van der Waals surface area contributed by atoms with Crippen molar-refractivity contribution in [2.45, 2.75) is 0 Å². The van der Waals surface area contributed by atoms with E-state index in [4.69, 9.17) is 9.97 Å². The Morgan fingerprint density at radius 3 is 1.25 bits per heavy atom. The summed E-state index contributed by atoms with van der Waals surface area (Å²) in [5.41, 5.74) is 14.9. The molecule has 244 valence electrons. The number of para-hydroxylation sites is 1. The van der Waals surface area contributed by atoms with Crippen molar-refractivity contribution >= 4 is 10.9 Å². The zero-order chi connectivity index (χ0) is 34.7. The van der Waals surface area contributed by atoms with Gasteiger partial charge in [-0.25, -0.2) is 9.97 Å². The lowest BCUT2D eigenvalue weighted by molar-refractivity contribution is 1.18. The molecule has 7 aromatic carbocycles. The molecule has 0 saturated heterocycles. The lowest BCUT2D eigenvalue weighted by Crippen LogP contribution is -2.01. The highest BCUT2D eigenvalue weighted by molar-refractivity contribution is 5.94. The molecule has 9 rings (SSSR count). The third-order valence-corrected chi connectivity index (χ3v) is 9.59. The van der Waals surface area contributed by atoms with Gasteiger partial charge >= 0.3 is 0 Å². The average Bonchev–Trinajstić information content (AvgIpc) is 3.24. The van der Waals surface area contributed by atoms with Crippen molar-refractivity contribution in [1.82, 2.24) is 15.0 Å². The van der Waals surface area contributed by atoms with Crippen LogP contribution in [-0.4, -0.2) is 15.0 Å². The number of hydrogen-bond donors (Lipinski definition) is 0. The molecule has 0 radical (unpaired) electrons. The average molecular weight is 664 g/mol. The lowest BCUT2D eigenvalue weighted by Gasteiger charge is -2.17. The zero-order valence-corrected chi connectivity index (χ0v) is 28.4.